The third-order valence-electron chi connectivity index (χ3n) is 3.35. The molecule has 1 atom stereocenters. The lowest BCUT2D eigenvalue weighted by atomic mass is 10.1. The Labute approximate surface area is 119 Å². The Morgan fingerprint density at radius 1 is 1.15 bits per heavy atom. The molecule has 0 fully saturated rings. The summed E-state index contributed by atoms with van der Waals surface area (Å²) in [6.45, 7) is 4.44. The van der Waals surface area contributed by atoms with Gasteiger partial charge >= 0.3 is 0 Å². The second kappa shape index (κ2) is 6.53. The molecule has 2 rings (SSSR count). The Morgan fingerprint density at radius 2 is 1.95 bits per heavy atom. The molecule has 0 radical (unpaired) electrons. The summed E-state index contributed by atoms with van der Waals surface area (Å²) in [4.78, 5) is 0. The van der Waals surface area contributed by atoms with Crippen molar-refractivity contribution in [1.29, 1.82) is 0 Å². The van der Waals surface area contributed by atoms with E-state index in [1.165, 1.54) is 23.3 Å². The zero-order valence-corrected chi connectivity index (χ0v) is 12.1. The van der Waals surface area contributed by atoms with E-state index in [-0.39, 0.29) is 11.9 Å². The second-order valence-corrected chi connectivity index (χ2v) is 4.98. The van der Waals surface area contributed by atoms with Gasteiger partial charge in [-0.15, -0.1) is 0 Å². The van der Waals surface area contributed by atoms with Gasteiger partial charge in [0.2, 0.25) is 0 Å². The fraction of sp³-hybridized carbons (Fsp3) is 0.294. The van der Waals surface area contributed by atoms with E-state index in [9.17, 15) is 4.39 Å². The topological polar surface area (TPSA) is 21.3 Å². The van der Waals surface area contributed by atoms with Gasteiger partial charge < -0.3 is 10.1 Å². The number of halogens is 1. The van der Waals surface area contributed by atoms with Gasteiger partial charge in [-0.2, -0.15) is 0 Å². The van der Waals surface area contributed by atoms with Gasteiger partial charge in [0, 0.05) is 6.07 Å². The smallest absolute Gasteiger partial charge is 0.126 e. The van der Waals surface area contributed by atoms with Crippen LogP contribution < -0.4 is 10.1 Å². The second-order valence-electron chi connectivity index (χ2n) is 4.98. The normalized spacial score (nSPS) is 12.2. The van der Waals surface area contributed by atoms with Crippen molar-refractivity contribution in [3.05, 3.63) is 65.0 Å². The molecule has 1 N–H and O–H groups in total. The van der Waals surface area contributed by atoms with E-state index in [2.05, 4.69) is 30.4 Å². The number of hydrogen-bond donors (Lipinski definition) is 1. The molecule has 0 aliphatic heterocycles. The summed E-state index contributed by atoms with van der Waals surface area (Å²) in [6, 6.07) is 13.0. The molecule has 1 unspecified atom stereocenters. The van der Waals surface area contributed by atoms with Crippen LogP contribution in [-0.2, 0) is 0 Å². The van der Waals surface area contributed by atoms with Gasteiger partial charge in [0.05, 0.1) is 6.04 Å². The minimum atomic E-state index is -0.276. The molecule has 2 aromatic rings. The Morgan fingerprint density at radius 3 is 2.65 bits per heavy atom. The Hall–Kier alpha value is -1.87. The summed E-state index contributed by atoms with van der Waals surface area (Å²) < 4.78 is 19.0. The molecule has 0 bridgehead atoms. The summed E-state index contributed by atoms with van der Waals surface area (Å²) in [7, 11) is 1.90. The lowest BCUT2D eigenvalue weighted by Crippen LogP contribution is -2.23. The first kappa shape index (κ1) is 14.5. The van der Waals surface area contributed by atoms with Crippen LogP contribution in [0.3, 0.4) is 0 Å². The van der Waals surface area contributed by atoms with Crippen LogP contribution in [0.15, 0.2) is 42.5 Å². The van der Waals surface area contributed by atoms with Gasteiger partial charge in [-0.3, -0.25) is 0 Å². The molecule has 0 spiro atoms. The average molecular weight is 273 g/mol. The van der Waals surface area contributed by atoms with Crippen molar-refractivity contribution in [2.45, 2.75) is 19.9 Å². The summed E-state index contributed by atoms with van der Waals surface area (Å²) in [6.07, 6.45) is 0. The summed E-state index contributed by atoms with van der Waals surface area (Å²) in [5.41, 5.74) is 3.32. The van der Waals surface area contributed by atoms with Crippen LogP contribution in [0.5, 0.6) is 5.75 Å². The summed E-state index contributed by atoms with van der Waals surface area (Å²) in [5, 5.41) is 3.23. The molecule has 2 aromatic carbocycles. The van der Waals surface area contributed by atoms with Gasteiger partial charge in [0.1, 0.15) is 18.2 Å². The van der Waals surface area contributed by atoms with E-state index < -0.39 is 0 Å². The number of hydrogen-bond acceptors (Lipinski definition) is 2. The number of nitrogens with one attached hydrogen (secondary N) is 1. The van der Waals surface area contributed by atoms with Crippen molar-refractivity contribution >= 4 is 0 Å². The molecule has 0 aromatic heterocycles. The van der Waals surface area contributed by atoms with E-state index >= 15 is 0 Å². The fourth-order valence-electron chi connectivity index (χ4n) is 2.14. The predicted octanol–water partition coefficient (Wildman–Crippen LogP) is 3.78. The molecule has 0 amide bonds. The fourth-order valence-corrected chi connectivity index (χ4v) is 2.14. The molecular weight excluding hydrogens is 253 g/mol. The minimum Gasteiger partial charge on any atom is -0.491 e. The highest BCUT2D eigenvalue weighted by molar-refractivity contribution is 5.33. The first-order valence-electron chi connectivity index (χ1n) is 6.73. The molecule has 0 saturated heterocycles. The number of aryl methyl sites for hydroxylation is 2. The van der Waals surface area contributed by atoms with Crippen molar-refractivity contribution in [2.24, 2.45) is 0 Å². The van der Waals surface area contributed by atoms with Crippen LogP contribution in [0, 0.1) is 19.7 Å². The lowest BCUT2D eigenvalue weighted by Gasteiger charge is -2.19. The molecule has 0 heterocycles. The summed E-state index contributed by atoms with van der Waals surface area (Å²) in [5.74, 6) is 0.320. The van der Waals surface area contributed by atoms with E-state index in [4.69, 9.17) is 4.74 Å². The summed E-state index contributed by atoms with van der Waals surface area (Å²) >= 11 is 0. The highest BCUT2D eigenvalue weighted by atomic mass is 19.1. The van der Waals surface area contributed by atoms with Crippen molar-refractivity contribution < 1.29 is 9.13 Å². The molecule has 0 aliphatic rings. The van der Waals surface area contributed by atoms with Crippen molar-refractivity contribution in [3.8, 4) is 5.75 Å². The third kappa shape index (κ3) is 3.58. The molecule has 3 heteroatoms. The van der Waals surface area contributed by atoms with Crippen LogP contribution in [-0.4, -0.2) is 13.7 Å². The first-order valence-corrected chi connectivity index (χ1v) is 6.73. The van der Waals surface area contributed by atoms with Gasteiger partial charge in [-0.25, -0.2) is 4.39 Å². The van der Waals surface area contributed by atoms with Crippen LogP contribution in [0.25, 0.3) is 0 Å². The Kier molecular flexibility index (Phi) is 4.74. The third-order valence-corrected chi connectivity index (χ3v) is 3.35. The zero-order valence-electron chi connectivity index (χ0n) is 12.1. The van der Waals surface area contributed by atoms with Gasteiger partial charge in [-0.05, 0) is 38.1 Å². The molecule has 0 aliphatic carbocycles. The largest absolute Gasteiger partial charge is 0.491 e. The van der Waals surface area contributed by atoms with Gasteiger partial charge in [0.25, 0.3) is 0 Å². The van der Waals surface area contributed by atoms with Crippen LogP contribution >= 0.6 is 0 Å². The monoisotopic (exact) mass is 273 g/mol. The van der Waals surface area contributed by atoms with Crippen molar-refractivity contribution in [3.63, 3.8) is 0 Å². The van der Waals surface area contributed by atoms with Crippen molar-refractivity contribution in [1.82, 2.24) is 5.32 Å². The average Bonchev–Trinajstić information content (AvgIpc) is 2.43. The number of ether oxygens (including phenoxy) is 1. The maximum Gasteiger partial charge on any atom is 0.126 e. The van der Waals surface area contributed by atoms with Gasteiger partial charge in [0.15, 0.2) is 0 Å². The molecule has 2 nitrogen and oxygen atoms in total. The predicted molar refractivity (Wildman–Crippen MR) is 79.6 cm³/mol. The van der Waals surface area contributed by atoms with E-state index in [0.29, 0.717) is 12.4 Å². The van der Waals surface area contributed by atoms with E-state index in [1.54, 1.807) is 6.07 Å². The quantitative estimate of drug-likeness (QED) is 0.895. The highest BCUT2D eigenvalue weighted by Gasteiger charge is 2.11. The number of likely N-dealkylation sites (N-methyl/N-ethyl adjacent to an activating group) is 1. The lowest BCUT2D eigenvalue weighted by molar-refractivity contribution is 0.270. The molecule has 106 valence electrons. The van der Waals surface area contributed by atoms with E-state index in [0.717, 1.165) is 5.56 Å². The molecule has 0 saturated carbocycles. The number of rotatable bonds is 5. The van der Waals surface area contributed by atoms with Crippen LogP contribution in [0.4, 0.5) is 4.39 Å². The van der Waals surface area contributed by atoms with Gasteiger partial charge in [-0.1, -0.05) is 35.9 Å². The SMILES string of the molecule is CNC(COc1cc(F)ccc1C)c1cccc(C)c1. The first-order chi connectivity index (χ1) is 9.60. The Balaban J connectivity index is 2.09. The van der Waals surface area contributed by atoms with Crippen molar-refractivity contribution in [2.75, 3.05) is 13.7 Å². The van der Waals surface area contributed by atoms with Crippen LogP contribution in [0.2, 0.25) is 0 Å². The Bertz CT molecular complexity index is 583. The number of benzene rings is 2. The zero-order chi connectivity index (χ0) is 14.5. The maximum absolute atomic E-state index is 13.2. The standard InChI is InChI=1S/C17H20FNO/c1-12-5-4-6-14(9-12)16(19-3)11-20-17-10-15(18)8-7-13(17)2/h4-10,16,19H,11H2,1-3H3. The highest BCUT2D eigenvalue weighted by Crippen LogP contribution is 2.21. The van der Waals surface area contributed by atoms with Crippen LogP contribution in [0.1, 0.15) is 22.7 Å². The maximum atomic E-state index is 13.2. The van der Waals surface area contributed by atoms with E-state index in [1.807, 2.05) is 20.0 Å². The minimum absolute atomic E-state index is 0.0811. The molecular formula is C17H20FNO. The molecule has 20 heavy (non-hydrogen) atoms.